The summed E-state index contributed by atoms with van der Waals surface area (Å²) in [5, 5.41) is 9.58. The molecule has 5 nitrogen and oxygen atoms in total. The fraction of sp³-hybridized carbons (Fsp3) is 0.750. The molecule has 0 spiro atoms. The van der Waals surface area contributed by atoms with Crippen LogP contribution in [0.25, 0.3) is 0 Å². The third kappa shape index (κ3) is 6.29. The van der Waals surface area contributed by atoms with Crippen molar-refractivity contribution in [2.45, 2.75) is 52.6 Å². The van der Waals surface area contributed by atoms with Crippen molar-refractivity contribution >= 4 is 11.9 Å². The van der Waals surface area contributed by atoms with Crippen LogP contribution in [0.4, 0.5) is 0 Å². The number of aliphatic hydroxyl groups is 1. The van der Waals surface area contributed by atoms with Crippen LogP contribution in [0.1, 0.15) is 46.5 Å². The first-order valence-corrected chi connectivity index (χ1v) is 7.38. The Kier molecular flexibility index (Phi) is 6.40. The first-order chi connectivity index (χ1) is 9.71. The highest BCUT2D eigenvalue weighted by Gasteiger charge is 2.29. The Balaban J connectivity index is 2.36. The molecular formula is C16H26O5. The zero-order valence-corrected chi connectivity index (χ0v) is 13.2. The minimum absolute atomic E-state index is 0.166. The van der Waals surface area contributed by atoms with E-state index in [4.69, 9.17) is 9.47 Å². The van der Waals surface area contributed by atoms with Gasteiger partial charge in [-0.1, -0.05) is 26.8 Å². The van der Waals surface area contributed by atoms with Crippen LogP contribution in [-0.2, 0) is 19.1 Å². The molecule has 1 rings (SSSR count). The van der Waals surface area contributed by atoms with Crippen LogP contribution in [0.2, 0.25) is 0 Å². The topological polar surface area (TPSA) is 72.8 Å². The first kappa shape index (κ1) is 17.7. The Labute approximate surface area is 126 Å². The molecule has 0 aromatic carbocycles. The second-order valence-electron chi connectivity index (χ2n) is 6.65. The zero-order valence-electron chi connectivity index (χ0n) is 13.2. The molecule has 1 fully saturated rings. The summed E-state index contributed by atoms with van der Waals surface area (Å²) in [5.41, 5.74) is -0.104. The molecule has 0 radical (unpaired) electrons. The molecule has 5 heteroatoms. The van der Waals surface area contributed by atoms with E-state index >= 15 is 0 Å². The van der Waals surface area contributed by atoms with Gasteiger partial charge in [-0.15, -0.1) is 0 Å². The summed E-state index contributed by atoms with van der Waals surface area (Å²) >= 11 is 0. The van der Waals surface area contributed by atoms with Gasteiger partial charge in [0.2, 0.25) is 0 Å². The number of carbonyl (C=O) groups is 2. The Morgan fingerprint density at radius 2 is 1.86 bits per heavy atom. The predicted molar refractivity (Wildman–Crippen MR) is 78.5 cm³/mol. The Hall–Kier alpha value is -1.36. The van der Waals surface area contributed by atoms with Gasteiger partial charge in [-0.25, -0.2) is 4.79 Å². The van der Waals surface area contributed by atoms with Gasteiger partial charge in [0.25, 0.3) is 0 Å². The summed E-state index contributed by atoms with van der Waals surface area (Å²) in [7, 11) is 0. The quantitative estimate of drug-likeness (QED) is 0.601. The van der Waals surface area contributed by atoms with E-state index in [2.05, 4.69) is 6.58 Å². The highest BCUT2D eigenvalue weighted by molar-refractivity contribution is 5.86. The highest BCUT2D eigenvalue weighted by Crippen LogP contribution is 2.26. The van der Waals surface area contributed by atoms with E-state index in [0.29, 0.717) is 12.0 Å². The van der Waals surface area contributed by atoms with E-state index in [1.165, 1.54) is 0 Å². The van der Waals surface area contributed by atoms with Crippen molar-refractivity contribution in [3.8, 4) is 0 Å². The number of esters is 2. The molecule has 1 N–H and O–H groups in total. The summed E-state index contributed by atoms with van der Waals surface area (Å²) in [5.74, 6) is -0.930. The molecule has 0 aliphatic heterocycles. The summed E-state index contributed by atoms with van der Waals surface area (Å²) < 4.78 is 10.4. The maximum absolute atomic E-state index is 12.0. The monoisotopic (exact) mass is 298 g/mol. The van der Waals surface area contributed by atoms with Gasteiger partial charge in [0, 0.05) is 11.0 Å². The van der Waals surface area contributed by atoms with E-state index in [9.17, 15) is 14.7 Å². The molecule has 0 amide bonds. The number of rotatable bonds is 6. The van der Waals surface area contributed by atoms with Crippen molar-refractivity contribution < 1.29 is 24.2 Å². The fourth-order valence-corrected chi connectivity index (χ4v) is 2.19. The van der Waals surface area contributed by atoms with Gasteiger partial charge in [0.15, 0.2) is 0 Å². The standard InChI is InChI=1S/C16H26O5/c1-11(2)14(18)20-9-16(3,4)10-21-15(19)12-6-5-7-13(17)8-12/h12-13,17H,1,5-10H2,2-4H3. The molecule has 0 saturated heterocycles. The third-order valence-corrected chi connectivity index (χ3v) is 3.53. The largest absolute Gasteiger partial charge is 0.465 e. The van der Waals surface area contributed by atoms with Crippen LogP contribution >= 0.6 is 0 Å². The molecule has 0 aromatic heterocycles. The lowest BCUT2D eigenvalue weighted by molar-refractivity contribution is -0.156. The number of ether oxygens (including phenoxy) is 2. The summed E-state index contributed by atoms with van der Waals surface area (Å²) in [6, 6.07) is 0. The molecule has 0 heterocycles. The average Bonchev–Trinajstić information content (AvgIpc) is 2.42. The van der Waals surface area contributed by atoms with Crippen LogP contribution in [0.15, 0.2) is 12.2 Å². The fourth-order valence-electron chi connectivity index (χ4n) is 2.19. The number of aliphatic hydroxyl groups excluding tert-OH is 1. The minimum Gasteiger partial charge on any atom is -0.465 e. The smallest absolute Gasteiger partial charge is 0.333 e. The van der Waals surface area contributed by atoms with Gasteiger partial charge >= 0.3 is 11.9 Å². The van der Waals surface area contributed by atoms with Crippen molar-refractivity contribution in [3.63, 3.8) is 0 Å². The molecule has 2 unspecified atom stereocenters. The van der Waals surface area contributed by atoms with Gasteiger partial charge in [0.05, 0.1) is 25.2 Å². The lowest BCUT2D eigenvalue weighted by Crippen LogP contribution is -2.32. The second kappa shape index (κ2) is 7.59. The molecule has 1 aliphatic rings. The third-order valence-electron chi connectivity index (χ3n) is 3.53. The zero-order chi connectivity index (χ0) is 16.0. The number of hydrogen-bond acceptors (Lipinski definition) is 5. The predicted octanol–water partition coefficient (Wildman–Crippen LogP) is 2.23. The van der Waals surface area contributed by atoms with E-state index in [-0.39, 0.29) is 25.1 Å². The van der Waals surface area contributed by atoms with Crippen LogP contribution in [0.3, 0.4) is 0 Å². The molecule has 120 valence electrons. The van der Waals surface area contributed by atoms with Gasteiger partial charge in [-0.3, -0.25) is 4.79 Å². The Bertz CT molecular complexity index is 399. The highest BCUT2D eigenvalue weighted by atomic mass is 16.5. The summed E-state index contributed by atoms with van der Waals surface area (Å²) in [4.78, 5) is 23.3. The van der Waals surface area contributed by atoms with Gasteiger partial charge in [-0.2, -0.15) is 0 Å². The second-order valence-corrected chi connectivity index (χ2v) is 6.65. The van der Waals surface area contributed by atoms with Gasteiger partial charge < -0.3 is 14.6 Å². The van der Waals surface area contributed by atoms with Crippen LogP contribution in [-0.4, -0.2) is 36.4 Å². The lowest BCUT2D eigenvalue weighted by atomic mass is 9.87. The molecule has 2 atom stereocenters. The maximum atomic E-state index is 12.0. The van der Waals surface area contributed by atoms with Crippen molar-refractivity contribution in [2.24, 2.45) is 11.3 Å². The Morgan fingerprint density at radius 1 is 1.24 bits per heavy atom. The van der Waals surface area contributed by atoms with Crippen LogP contribution < -0.4 is 0 Å². The summed E-state index contributed by atoms with van der Waals surface area (Å²) in [6.07, 6.45) is 2.44. The van der Waals surface area contributed by atoms with Gasteiger partial charge in [-0.05, 0) is 26.2 Å². The maximum Gasteiger partial charge on any atom is 0.333 e. The van der Waals surface area contributed by atoms with E-state index in [1.807, 2.05) is 13.8 Å². The van der Waals surface area contributed by atoms with E-state index in [0.717, 1.165) is 19.3 Å². The first-order valence-electron chi connectivity index (χ1n) is 7.38. The number of carbonyl (C=O) groups excluding carboxylic acids is 2. The normalized spacial score (nSPS) is 22.5. The molecule has 0 aromatic rings. The lowest BCUT2D eigenvalue weighted by Gasteiger charge is -2.27. The molecule has 0 bridgehead atoms. The van der Waals surface area contributed by atoms with E-state index in [1.54, 1.807) is 6.92 Å². The molecular weight excluding hydrogens is 272 g/mol. The Morgan fingerprint density at radius 3 is 2.43 bits per heavy atom. The van der Waals surface area contributed by atoms with Crippen LogP contribution in [0.5, 0.6) is 0 Å². The van der Waals surface area contributed by atoms with Crippen LogP contribution in [0, 0.1) is 11.3 Å². The van der Waals surface area contributed by atoms with Crippen molar-refractivity contribution in [1.29, 1.82) is 0 Å². The number of hydrogen-bond donors (Lipinski definition) is 1. The summed E-state index contributed by atoms with van der Waals surface area (Å²) in [6.45, 7) is 9.18. The SMILES string of the molecule is C=C(C)C(=O)OCC(C)(C)COC(=O)C1CCCC(O)C1. The van der Waals surface area contributed by atoms with Crippen molar-refractivity contribution in [2.75, 3.05) is 13.2 Å². The van der Waals surface area contributed by atoms with Crippen molar-refractivity contribution in [1.82, 2.24) is 0 Å². The van der Waals surface area contributed by atoms with Gasteiger partial charge in [0.1, 0.15) is 0 Å². The molecule has 1 saturated carbocycles. The molecule has 21 heavy (non-hydrogen) atoms. The minimum atomic E-state index is -0.450. The average molecular weight is 298 g/mol. The molecule has 1 aliphatic carbocycles. The van der Waals surface area contributed by atoms with Crippen molar-refractivity contribution in [3.05, 3.63) is 12.2 Å². The van der Waals surface area contributed by atoms with E-state index < -0.39 is 17.5 Å².